The van der Waals surface area contributed by atoms with Crippen LogP contribution in [0, 0.1) is 6.92 Å². The van der Waals surface area contributed by atoms with Crippen LogP contribution in [0.2, 0.25) is 5.02 Å². The molecule has 1 amide bonds. The fraction of sp³-hybridized carbons (Fsp3) is 0.417. The lowest BCUT2D eigenvalue weighted by atomic mass is 10.0. The van der Waals surface area contributed by atoms with Crippen molar-refractivity contribution in [2.24, 2.45) is 5.73 Å². The third-order valence-corrected chi connectivity index (χ3v) is 2.85. The molecule has 0 saturated carbocycles. The third-order valence-electron chi connectivity index (χ3n) is 2.57. The summed E-state index contributed by atoms with van der Waals surface area (Å²) in [5.74, 6) is 1.08. The molecule has 18 heavy (non-hydrogen) atoms. The number of primary amides is 1. The molecule has 0 aliphatic rings. The molecule has 1 aromatic carbocycles. The standard InChI is InChI=1S/C12H16ClNO4/c1-7-8(4-5-18-12(14)15)6-9(13)11(17-3)10(7)16-2/h6H,4-5H2,1-3H3,(H2,14,15). The van der Waals surface area contributed by atoms with Gasteiger partial charge in [0.15, 0.2) is 11.5 Å². The van der Waals surface area contributed by atoms with Gasteiger partial charge in [-0.1, -0.05) is 11.6 Å². The van der Waals surface area contributed by atoms with E-state index in [9.17, 15) is 4.79 Å². The molecule has 0 unspecified atom stereocenters. The van der Waals surface area contributed by atoms with Crippen LogP contribution in [-0.4, -0.2) is 26.9 Å². The molecular formula is C12H16ClNO4. The van der Waals surface area contributed by atoms with Crippen LogP contribution in [0.5, 0.6) is 11.5 Å². The summed E-state index contributed by atoms with van der Waals surface area (Å²) < 4.78 is 15.2. The molecule has 1 aromatic rings. The first-order valence-electron chi connectivity index (χ1n) is 5.33. The number of ether oxygens (including phenoxy) is 3. The molecule has 0 atom stereocenters. The average Bonchev–Trinajstić information content (AvgIpc) is 2.32. The summed E-state index contributed by atoms with van der Waals surface area (Å²) in [6.45, 7) is 2.08. The van der Waals surface area contributed by atoms with E-state index in [1.807, 2.05) is 6.92 Å². The van der Waals surface area contributed by atoms with Gasteiger partial charge in [-0.05, 0) is 24.1 Å². The summed E-state index contributed by atoms with van der Waals surface area (Å²) in [5, 5.41) is 0.453. The summed E-state index contributed by atoms with van der Waals surface area (Å²) in [7, 11) is 3.07. The van der Waals surface area contributed by atoms with Crippen molar-refractivity contribution in [2.75, 3.05) is 20.8 Å². The van der Waals surface area contributed by atoms with E-state index in [4.69, 9.17) is 31.5 Å². The summed E-state index contributed by atoms with van der Waals surface area (Å²) in [4.78, 5) is 10.5. The number of hydrogen-bond donors (Lipinski definition) is 1. The highest BCUT2D eigenvalue weighted by atomic mass is 35.5. The highest BCUT2D eigenvalue weighted by Crippen LogP contribution is 2.39. The molecular weight excluding hydrogens is 258 g/mol. The number of benzene rings is 1. The molecule has 0 saturated heterocycles. The van der Waals surface area contributed by atoms with Crippen LogP contribution in [0.15, 0.2) is 6.07 Å². The lowest BCUT2D eigenvalue weighted by Gasteiger charge is -2.15. The lowest BCUT2D eigenvalue weighted by Crippen LogP contribution is -2.15. The quantitative estimate of drug-likeness (QED) is 0.894. The molecule has 0 radical (unpaired) electrons. The van der Waals surface area contributed by atoms with Gasteiger partial charge < -0.3 is 19.9 Å². The highest BCUT2D eigenvalue weighted by molar-refractivity contribution is 6.32. The Kier molecular flexibility index (Phi) is 5.09. The number of nitrogens with two attached hydrogens (primary N) is 1. The monoisotopic (exact) mass is 273 g/mol. The predicted molar refractivity (Wildman–Crippen MR) is 68.5 cm³/mol. The number of carbonyl (C=O) groups excluding carboxylic acids is 1. The van der Waals surface area contributed by atoms with Crippen LogP contribution >= 0.6 is 11.6 Å². The average molecular weight is 274 g/mol. The predicted octanol–water partition coefficient (Wildman–Crippen LogP) is 2.30. The zero-order valence-electron chi connectivity index (χ0n) is 10.6. The minimum absolute atomic E-state index is 0.196. The van der Waals surface area contributed by atoms with Crippen molar-refractivity contribution in [1.29, 1.82) is 0 Å². The molecule has 2 N–H and O–H groups in total. The van der Waals surface area contributed by atoms with Gasteiger partial charge in [0.05, 0.1) is 25.8 Å². The van der Waals surface area contributed by atoms with Gasteiger partial charge in [-0.3, -0.25) is 0 Å². The Morgan fingerprint density at radius 1 is 1.33 bits per heavy atom. The topological polar surface area (TPSA) is 70.8 Å². The zero-order valence-corrected chi connectivity index (χ0v) is 11.3. The van der Waals surface area contributed by atoms with Gasteiger partial charge >= 0.3 is 6.09 Å². The van der Waals surface area contributed by atoms with Crippen molar-refractivity contribution in [3.8, 4) is 11.5 Å². The number of amides is 1. The molecule has 0 spiro atoms. The van der Waals surface area contributed by atoms with E-state index in [2.05, 4.69) is 0 Å². The zero-order chi connectivity index (χ0) is 13.7. The van der Waals surface area contributed by atoms with Crippen molar-refractivity contribution in [3.05, 3.63) is 22.2 Å². The van der Waals surface area contributed by atoms with Gasteiger partial charge in [0.25, 0.3) is 0 Å². The van der Waals surface area contributed by atoms with E-state index in [1.165, 1.54) is 7.11 Å². The summed E-state index contributed by atoms with van der Waals surface area (Å²) in [6, 6.07) is 1.77. The van der Waals surface area contributed by atoms with Crippen molar-refractivity contribution in [2.45, 2.75) is 13.3 Å². The van der Waals surface area contributed by atoms with Crippen molar-refractivity contribution in [1.82, 2.24) is 0 Å². The number of carbonyl (C=O) groups is 1. The smallest absolute Gasteiger partial charge is 0.404 e. The molecule has 0 aromatic heterocycles. The van der Waals surface area contributed by atoms with Crippen molar-refractivity contribution < 1.29 is 19.0 Å². The molecule has 6 heteroatoms. The number of hydrogen-bond acceptors (Lipinski definition) is 4. The SMILES string of the molecule is COc1c(Cl)cc(CCOC(N)=O)c(C)c1OC. The first-order chi connectivity index (χ1) is 8.51. The third kappa shape index (κ3) is 3.20. The molecule has 0 bridgehead atoms. The van der Waals surface area contributed by atoms with E-state index in [0.29, 0.717) is 22.9 Å². The van der Waals surface area contributed by atoms with E-state index in [1.54, 1.807) is 13.2 Å². The Hall–Kier alpha value is -1.62. The van der Waals surface area contributed by atoms with E-state index in [0.717, 1.165) is 11.1 Å². The molecule has 0 heterocycles. The Balaban J connectivity index is 2.99. The van der Waals surface area contributed by atoms with Crippen LogP contribution in [0.25, 0.3) is 0 Å². The fourth-order valence-corrected chi connectivity index (χ4v) is 2.00. The van der Waals surface area contributed by atoms with Gasteiger partial charge in [-0.2, -0.15) is 0 Å². The second kappa shape index (κ2) is 6.35. The molecule has 0 aliphatic heterocycles. The molecule has 5 nitrogen and oxygen atoms in total. The Morgan fingerprint density at radius 3 is 2.44 bits per heavy atom. The van der Waals surface area contributed by atoms with Crippen LogP contribution in [0.3, 0.4) is 0 Å². The number of halogens is 1. The van der Waals surface area contributed by atoms with Crippen molar-refractivity contribution >= 4 is 17.7 Å². The minimum atomic E-state index is -0.792. The maximum atomic E-state index is 10.5. The van der Waals surface area contributed by atoms with Crippen LogP contribution in [0.1, 0.15) is 11.1 Å². The first kappa shape index (κ1) is 14.4. The van der Waals surface area contributed by atoms with Gasteiger partial charge in [-0.15, -0.1) is 0 Å². The Morgan fingerprint density at radius 2 is 1.94 bits per heavy atom. The molecule has 0 fully saturated rings. The maximum absolute atomic E-state index is 10.5. The molecule has 100 valence electrons. The van der Waals surface area contributed by atoms with Gasteiger partial charge in [0.2, 0.25) is 0 Å². The summed E-state index contributed by atoms with van der Waals surface area (Å²) >= 11 is 6.09. The second-order valence-electron chi connectivity index (χ2n) is 3.63. The van der Waals surface area contributed by atoms with Gasteiger partial charge in [-0.25, -0.2) is 4.79 Å². The highest BCUT2D eigenvalue weighted by Gasteiger charge is 2.15. The fourth-order valence-electron chi connectivity index (χ4n) is 1.71. The molecule has 0 aliphatic carbocycles. The largest absolute Gasteiger partial charge is 0.493 e. The lowest BCUT2D eigenvalue weighted by molar-refractivity contribution is 0.158. The van der Waals surface area contributed by atoms with E-state index in [-0.39, 0.29) is 6.61 Å². The van der Waals surface area contributed by atoms with Crippen molar-refractivity contribution in [3.63, 3.8) is 0 Å². The van der Waals surface area contributed by atoms with E-state index < -0.39 is 6.09 Å². The second-order valence-corrected chi connectivity index (χ2v) is 4.03. The minimum Gasteiger partial charge on any atom is -0.493 e. The number of methoxy groups -OCH3 is 2. The van der Waals surface area contributed by atoms with Crippen LogP contribution < -0.4 is 15.2 Å². The molecule has 1 rings (SSSR count). The van der Waals surface area contributed by atoms with Crippen LogP contribution in [-0.2, 0) is 11.2 Å². The van der Waals surface area contributed by atoms with E-state index >= 15 is 0 Å². The van der Waals surface area contributed by atoms with Gasteiger partial charge in [0, 0.05) is 6.42 Å². The number of rotatable bonds is 5. The summed E-state index contributed by atoms with van der Waals surface area (Å²) in [6.07, 6.45) is -0.284. The van der Waals surface area contributed by atoms with Gasteiger partial charge in [0.1, 0.15) is 0 Å². The Bertz CT molecular complexity index is 448. The van der Waals surface area contributed by atoms with Crippen LogP contribution in [0.4, 0.5) is 4.79 Å². The maximum Gasteiger partial charge on any atom is 0.404 e. The normalized spacial score (nSPS) is 10.0. The summed E-state index contributed by atoms with van der Waals surface area (Å²) in [5.41, 5.74) is 6.71. The first-order valence-corrected chi connectivity index (χ1v) is 5.71. The Labute approximate surface area is 111 Å².